The summed E-state index contributed by atoms with van der Waals surface area (Å²) in [5, 5.41) is 5.12. The smallest absolute Gasteiger partial charge is 0.223 e. The molecule has 1 N–H and O–H groups in total. The van der Waals surface area contributed by atoms with Crippen LogP contribution in [0.2, 0.25) is 10.0 Å². The second kappa shape index (κ2) is 10.6. The highest BCUT2D eigenvalue weighted by Gasteiger charge is 2.27. The van der Waals surface area contributed by atoms with Crippen molar-refractivity contribution in [2.45, 2.75) is 38.1 Å². The van der Waals surface area contributed by atoms with Crippen LogP contribution in [0.1, 0.15) is 32.1 Å². The SMILES string of the molecule is C=CC(=O)C[C@H]1CCCC[C@@H]1Nc1ncc2cc(-c3c(Cl)c(OC)cc(OC)c3Cl)ccc2n1. The van der Waals surface area contributed by atoms with Crippen LogP contribution in [0.25, 0.3) is 22.0 Å². The maximum absolute atomic E-state index is 11.9. The van der Waals surface area contributed by atoms with Gasteiger partial charge in [-0.2, -0.15) is 0 Å². The van der Waals surface area contributed by atoms with E-state index in [0.29, 0.717) is 39.5 Å². The van der Waals surface area contributed by atoms with E-state index in [0.717, 1.165) is 42.1 Å². The van der Waals surface area contributed by atoms with E-state index in [2.05, 4.69) is 16.9 Å². The molecule has 178 valence electrons. The number of rotatable bonds is 8. The minimum Gasteiger partial charge on any atom is -0.495 e. The second-order valence-corrected chi connectivity index (χ2v) is 9.18. The number of halogens is 2. The minimum atomic E-state index is 0.0807. The lowest BCUT2D eigenvalue weighted by Crippen LogP contribution is -2.34. The molecule has 0 spiro atoms. The summed E-state index contributed by atoms with van der Waals surface area (Å²) in [6, 6.07) is 7.60. The number of anilines is 1. The topological polar surface area (TPSA) is 73.3 Å². The number of ether oxygens (including phenoxy) is 2. The molecule has 6 nitrogen and oxygen atoms in total. The number of ketones is 1. The molecule has 1 heterocycles. The molecule has 0 saturated heterocycles. The fourth-order valence-corrected chi connectivity index (χ4v) is 5.27. The minimum absolute atomic E-state index is 0.0807. The average Bonchev–Trinajstić information content (AvgIpc) is 2.85. The Balaban J connectivity index is 1.63. The quantitative estimate of drug-likeness (QED) is 0.346. The Labute approximate surface area is 209 Å². The molecule has 1 saturated carbocycles. The number of benzene rings is 2. The van der Waals surface area contributed by atoms with Gasteiger partial charge in [0.15, 0.2) is 5.78 Å². The van der Waals surface area contributed by atoms with Gasteiger partial charge in [0.05, 0.1) is 29.8 Å². The van der Waals surface area contributed by atoms with Crippen molar-refractivity contribution in [3.8, 4) is 22.6 Å². The van der Waals surface area contributed by atoms with Gasteiger partial charge in [-0.15, -0.1) is 0 Å². The second-order valence-electron chi connectivity index (χ2n) is 8.42. The van der Waals surface area contributed by atoms with Crippen LogP contribution in [0.5, 0.6) is 11.5 Å². The van der Waals surface area contributed by atoms with Crippen LogP contribution in [0.4, 0.5) is 5.95 Å². The van der Waals surface area contributed by atoms with E-state index in [-0.39, 0.29) is 17.7 Å². The third-order valence-corrected chi connectivity index (χ3v) is 7.11. The first-order valence-corrected chi connectivity index (χ1v) is 12.0. The summed E-state index contributed by atoms with van der Waals surface area (Å²) in [6.45, 7) is 3.60. The number of fused-ring (bicyclic) bond motifs is 1. The Bertz CT molecular complexity index is 1200. The molecule has 2 atom stereocenters. The third-order valence-electron chi connectivity index (χ3n) is 6.36. The first kappa shape index (κ1) is 24.3. The largest absolute Gasteiger partial charge is 0.495 e. The number of nitrogens with zero attached hydrogens (tertiary/aromatic N) is 2. The van der Waals surface area contributed by atoms with Crippen molar-refractivity contribution in [1.29, 1.82) is 0 Å². The van der Waals surface area contributed by atoms with E-state index in [1.165, 1.54) is 6.08 Å². The average molecular weight is 500 g/mol. The molecule has 0 aliphatic heterocycles. The van der Waals surface area contributed by atoms with Gasteiger partial charge >= 0.3 is 0 Å². The van der Waals surface area contributed by atoms with Crippen LogP contribution < -0.4 is 14.8 Å². The van der Waals surface area contributed by atoms with Crippen molar-refractivity contribution < 1.29 is 14.3 Å². The van der Waals surface area contributed by atoms with Crippen molar-refractivity contribution in [1.82, 2.24) is 9.97 Å². The monoisotopic (exact) mass is 499 g/mol. The fraction of sp³-hybridized carbons (Fsp3) is 0.346. The number of hydrogen-bond acceptors (Lipinski definition) is 6. The number of carbonyl (C=O) groups excluding carboxylic acids is 1. The number of aromatic nitrogens is 2. The number of nitrogens with one attached hydrogen (secondary N) is 1. The number of methoxy groups -OCH3 is 2. The molecule has 4 rings (SSSR count). The van der Waals surface area contributed by atoms with Crippen molar-refractivity contribution in [3.63, 3.8) is 0 Å². The summed E-state index contributed by atoms with van der Waals surface area (Å²) in [7, 11) is 3.09. The summed E-state index contributed by atoms with van der Waals surface area (Å²) in [5.41, 5.74) is 2.22. The van der Waals surface area contributed by atoms with Crippen molar-refractivity contribution in [3.05, 3.63) is 53.2 Å². The zero-order valence-corrected chi connectivity index (χ0v) is 20.7. The van der Waals surface area contributed by atoms with Crippen LogP contribution >= 0.6 is 23.2 Å². The van der Waals surface area contributed by atoms with Crippen molar-refractivity contribution in [2.24, 2.45) is 5.92 Å². The van der Waals surface area contributed by atoms with Gasteiger partial charge < -0.3 is 14.8 Å². The van der Waals surface area contributed by atoms with Crippen molar-refractivity contribution in [2.75, 3.05) is 19.5 Å². The van der Waals surface area contributed by atoms with E-state index in [9.17, 15) is 4.79 Å². The molecule has 2 aromatic carbocycles. The molecular formula is C26H27Cl2N3O3. The van der Waals surface area contributed by atoms with E-state index in [1.807, 2.05) is 18.2 Å². The molecule has 8 heteroatoms. The Hall–Kier alpha value is -2.83. The van der Waals surface area contributed by atoms with Gasteiger partial charge in [-0.05, 0) is 42.5 Å². The zero-order valence-electron chi connectivity index (χ0n) is 19.2. The lowest BCUT2D eigenvalue weighted by molar-refractivity contribution is -0.115. The lowest BCUT2D eigenvalue weighted by Gasteiger charge is -2.31. The van der Waals surface area contributed by atoms with Gasteiger partial charge in [-0.25, -0.2) is 9.97 Å². The Morgan fingerprint density at radius 3 is 2.53 bits per heavy atom. The molecule has 1 aromatic heterocycles. The summed E-state index contributed by atoms with van der Waals surface area (Å²) >= 11 is 13.2. The van der Waals surface area contributed by atoms with Crippen molar-refractivity contribution >= 4 is 45.8 Å². The third kappa shape index (κ3) is 4.98. The van der Waals surface area contributed by atoms with E-state index in [1.54, 1.807) is 26.5 Å². The summed E-state index contributed by atoms with van der Waals surface area (Å²) < 4.78 is 10.8. The summed E-state index contributed by atoms with van der Waals surface area (Å²) in [4.78, 5) is 21.2. The number of hydrogen-bond donors (Lipinski definition) is 1. The highest BCUT2D eigenvalue weighted by molar-refractivity contribution is 6.41. The molecular weight excluding hydrogens is 473 g/mol. The molecule has 3 aromatic rings. The predicted molar refractivity (Wildman–Crippen MR) is 137 cm³/mol. The molecule has 1 aliphatic carbocycles. The standard InChI is InChI=1S/C26H27Cl2N3O3/c1-4-18(32)12-15-7-5-6-8-19(15)30-26-29-14-17-11-16(9-10-20(17)31-26)23-24(27)21(33-2)13-22(34-3)25(23)28/h4,9-11,13-15,19H,1,5-8,12H2,2-3H3,(H,29,30,31)/t15-,19+/m1/s1. The highest BCUT2D eigenvalue weighted by Crippen LogP contribution is 2.46. The van der Waals surface area contributed by atoms with Gasteiger partial charge in [0.2, 0.25) is 5.95 Å². The number of allylic oxidation sites excluding steroid dienone is 1. The fourth-order valence-electron chi connectivity index (χ4n) is 4.55. The molecule has 0 radical (unpaired) electrons. The van der Waals surface area contributed by atoms with E-state index >= 15 is 0 Å². The van der Waals surface area contributed by atoms with Gasteiger partial charge in [-0.3, -0.25) is 4.79 Å². The Morgan fingerprint density at radius 1 is 1.15 bits per heavy atom. The molecule has 1 aliphatic rings. The van der Waals surface area contributed by atoms with E-state index < -0.39 is 0 Å². The van der Waals surface area contributed by atoms with Gasteiger partial charge in [0.25, 0.3) is 0 Å². The number of carbonyl (C=O) groups is 1. The van der Waals surface area contributed by atoms with Crippen LogP contribution in [-0.2, 0) is 4.79 Å². The van der Waals surface area contributed by atoms with Crippen LogP contribution in [0.15, 0.2) is 43.1 Å². The highest BCUT2D eigenvalue weighted by atomic mass is 35.5. The lowest BCUT2D eigenvalue weighted by atomic mass is 9.81. The molecule has 0 unspecified atom stereocenters. The van der Waals surface area contributed by atoms with E-state index in [4.69, 9.17) is 37.7 Å². The van der Waals surface area contributed by atoms with Crippen LogP contribution in [0, 0.1) is 5.92 Å². The Morgan fingerprint density at radius 2 is 1.85 bits per heavy atom. The predicted octanol–water partition coefficient (Wildman–Crippen LogP) is 6.74. The van der Waals surface area contributed by atoms with Gasteiger partial charge in [-0.1, -0.05) is 48.7 Å². The molecule has 0 amide bonds. The first-order chi connectivity index (χ1) is 16.4. The maximum Gasteiger partial charge on any atom is 0.223 e. The molecule has 1 fully saturated rings. The maximum atomic E-state index is 11.9. The normalized spacial score (nSPS) is 17.9. The van der Waals surface area contributed by atoms with Crippen LogP contribution in [0.3, 0.4) is 0 Å². The Kier molecular flexibility index (Phi) is 7.59. The van der Waals surface area contributed by atoms with Crippen LogP contribution in [-0.4, -0.2) is 36.0 Å². The molecule has 0 bridgehead atoms. The summed E-state index contributed by atoms with van der Waals surface area (Å²) in [6.07, 6.45) is 7.95. The molecule has 34 heavy (non-hydrogen) atoms. The first-order valence-electron chi connectivity index (χ1n) is 11.2. The zero-order chi connectivity index (χ0) is 24.2. The van der Waals surface area contributed by atoms with Gasteiger partial charge in [0, 0.05) is 35.7 Å². The summed E-state index contributed by atoms with van der Waals surface area (Å²) in [5.74, 6) is 1.85. The van der Waals surface area contributed by atoms with Gasteiger partial charge in [0.1, 0.15) is 11.5 Å².